The lowest BCUT2D eigenvalue weighted by Gasteiger charge is -2.38. The lowest BCUT2D eigenvalue weighted by atomic mass is 9.88. The van der Waals surface area contributed by atoms with E-state index >= 15 is 0 Å². The number of ether oxygens (including phenoxy) is 1. The summed E-state index contributed by atoms with van der Waals surface area (Å²) in [5, 5.41) is 9.52. The van der Waals surface area contributed by atoms with Gasteiger partial charge < -0.3 is 9.84 Å². The molecule has 0 aromatic heterocycles. The highest BCUT2D eigenvalue weighted by molar-refractivity contribution is 7.92. The Hall–Kier alpha value is -3.59. The van der Waals surface area contributed by atoms with Gasteiger partial charge in [0.05, 0.1) is 17.4 Å². The van der Waals surface area contributed by atoms with Crippen molar-refractivity contribution in [2.24, 2.45) is 5.92 Å². The number of benzene rings is 3. The molecule has 0 bridgehead atoms. The molecule has 3 aromatic rings. The van der Waals surface area contributed by atoms with Crippen LogP contribution in [0.2, 0.25) is 0 Å². The molecular formula is C28H21F9O5S. The van der Waals surface area contributed by atoms with E-state index in [1.165, 1.54) is 0 Å². The lowest BCUT2D eigenvalue weighted by Crippen LogP contribution is -2.56. The van der Waals surface area contributed by atoms with Crippen LogP contribution in [0, 0.1) is 23.4 Å². The summed E-state index contributed by atoms with van der Waals surface area (Å²) < 4.78 is 157. The molecule has 3 aromatic carbocycles. The highest BCUT2D eigenvalue weighted by Crippen LogP contribution is 2.55. The Labute approximate surface area is 238 Å². The van der Waals surface area contributed by atoms with Gasteiger partial charge in [-0.25, -0.2) is 21.6 Å². The largest absolute Gasteiger partial charge is 0.481 e. The van der Waals surface area contributed by atoms with E-state index in [9.17, 15) is 57.8 Å². The van der Waals surface area contributed by atoms with Crippen LogP contribution < -0.4 is 0 Å². The summed E-state index contributed by atoms with van der Waals surface area (Å²) >= 11 is 0. The lowest BCUT2D eigenvalue weighted by molar-refractivity contribution is -0.392. The third-order valence-corrected chi connectivity index (χ3v) is 10.1. The molecule has 0 saturated heterocycles. The zero-order valence-corrected chi connectivity index (χ0v) is 22.5. The molecule has 0 radical (unpaired) electrons. The molecular weight excluding hydrogens is 619 g/mol. The monoisotopic (exact) mass is 640 g/mol. The third kappa shape index (κ3) is 5.48. The molecule has 4 rings (SSSR count). The zero-order valence-electron chi connectivity index (χ0n) is 21.6. The van der Waals surface area contributed by atoms with Crippen molar-refractivity contribution in [3.63, 3.8) is 0 Å². The number of carboxylic acids is 1. The molecule has 15 heteroatoms. The Morgan fingerprint density at radius 3 is 1.86 bits per heavy atom. The van der Waals surface area contributed by atoms with Gasteiger partial charge in [0.15, 0.2) is 9.84 Å². The van der Waals surface area contributed by atoms with E-state index in [1.807, 2.05) is 0 Å². The van der Waals surface area contributed by atoms with E-state index in [4.69, 9.17) is 0 Å². The van der Waals surface area contributed by atoms with Gasteiger partial charge in [-0.15, -0.1) is 0 Å². The molecule has 0 aliphatic heterocycles. The summed E-state index contributed by atoms with van der Waals surface area (Å²) in [6.07, 6.45) is -13.6. The number of rotatable bonds is 8. The summed E-state index contributed by atoms with van der Waals surface area (Å²) in [5.41, 5.74) is -8.18. The summed E-state index contributed by atoms with van der Waals surface area (Å²) in [4.78, 5) is 11.3. The number of aliphatic carboxylic acids is 1. The maximum absolute atomic E-state index is 14.3. The van der Waals surface area contributed by atoms with Crippen LogP contribution in [-0.4, -0.2) is 31.8 Å². The van der Waals surface area contributed by atoms with Gasteiger partial charge in [0.1, 0.15) is 22.2 Å². The molecule has 5 nitrogen and oxygen atoms in total. The van der Waals surface area contributed by atoms with Gasteiger partial charge in [0.2, 0.25) is 0 Å². The molecule has 1 N–H and O–H groups in total. The van der Waals surface area contributed by atoms with E-state index in [0.29, 0.717) is 36.4 Å². The van der Waals surface area contributed by atoms with Gasteiger partial charge >= 0.3 is 18.3 Å². The average molecular weight is 641 g/mol. The summed E-state index contributed by atoms with van der Waals surface area (Å²) in [6.45, 7) is -1.78. The third-order valence-electron chi connectivity index (χ3n) is 7.57. The van der Waals surface area contributed by atoms with Crippen molar-refractivity contribution in [3.05, 3.63) is 101 Å². The van der Waals surface area contributed by atoms with Crippen LogP contribution in [-0.2, 0) is 36.3 Å². The minimum Gasteiger partial charge on any atom is -0.481 e. The molecule has 2 atom stereocenters. The average Bonchev–Trinajstić information content (AvgIpc) is 3.37. The maximum Gasteiger partial charge on any atom is 0.430 e. The number of alkyl halides is 6. The number of hydrogen-bond donors (Lipinski definition) is 1. The Kier molecular flexibility index (Phi) is 8.39. The fraction of sp³-hybridized carbons (Fsp3) is 0.321. The highest BCUT2D eigenvalue weighted by atomic mass is 32.2. The minimum atomic E-state index is -6.23. The molecule has 0 spiro atoms. The van der Waals surface area contributed by atoms with Gasteiger partial charge in [0, 0.05) is 11.1 Å². The van der Waals surface area contributed by atoms with Crippen LogP contribution in [0.3, 0.4) is 0 Å². The first kappa shape index (κ1) is 32.3. The molecule has 0 unspecified atom stereocenters. The topological polar surface area (TPSA) is 80.7 Å². The minimum absolute atomic E-state index is 0.191. The van der Waals surface area contributed by atoms with Crippen molar-refractivity contribution < 1.29 is 62.6 Å². The predicted molar refractivity (Wildman–Crippen MR) is 132 cm³/mol. The van der Waals surface area contributed by atoms with Crippen molar-refractivity contribution in [1.29, 1.82) is 0 Å². The quantitative estimate of drug-likeness (QED) is 0.208. The summed E-state index contributed by atoms with van der Waals surface area (Å²) in [5.74, 6) is -6.28. The molecule has 1 fully saturated rings. The molecule has 232 valence electrons. The van der Waals surface area contributed by atoms with Crippen LogP contribution in [0.1, 0.15) is 36.0 Å². The molecule has 0 heterocycles. The molecule has 1 aliphatic rings. The van der Waals surface area contributed by atoms with Crippen molar-refractivity contribution in [2.45, 2.75) is 53.5 Å². The van der Waals surface area contributed by atoms with Crippen molar-refractivity contribution in [3.8, 4) is 0 Å². The number of sulfone groups is 1. The van der Waals surface area contributed by atoms with Crippen LogP contribution >= 0.6 is 0 Å². The second kappa shape index (κ2) is 11.2. The van der Waals surface area contributed by atoms with E-state index in [-0.39, 0.29) is 18.4 Å². The number of hydrogen-bond acceptors (Lipinski definition) is 4. The van der Waals surface area contributed by atoms with Crippen LogP contribution in [0.5, 0.6) is 0 Å². The van der Waals surface area contributed by atoms with Gasteiger partial charge in [-0.3, -0.25) is 4.79 Å². The van der Waals surface area contributed by atoms with Crippen molar-refractivity contribution >= 4 is 15.8 Å². The van der Waals surface area contributed by atoms with Gasteiger partial charge in [-0.05, 0) is 61.2 Å². The molecule has 1 aliphatic carbocycles. The van der Waals surface area contributed by atoms with Gasteiger partial charge in [0.25, 0.3) is 5.60 Å². The van der Waals surface area contributed by atoms with E-state index in [2.05, 4.69) is 4.74 Å². The van der Waals surface area contributed by atoms with Gasteiger partial charge in [-0.1, -0.05) is 30.3 Å². The maximum atomic E-state index is 14.3. The Bertz CT molecular complexity index is 1570. The fourth-order valence-electron chi connectivity index (χ4n) is 5.32. The first-order valence-corrected chi connectivity index (χ1v) is 13.9. The SMILES string of the molecule is O=C(O)[C@@H]1CC[C@](c2ccc(C(OCc3c(F)cccc3F)(C(F)(F)F)C(F)(F)F)cc2)(S(=O)(=O)c2ccc(F)cc2)C1. The molecule has 43 heavy (non-hydrogen) atoms. The van der Waals surface area contributed by atoms with Crippen molar-refractivity contribution in [1.82, 2.24) is 0 Å². The van der Waals surface area contributed by atoms with Crippen LogP contribution in [0.15, 0.2) is 71.6 Å². The highest BCUT2D eigenvalue weighted by Gasteiger charge is 2.73. The normalized spacial score (nSPS) is 19.9. The molecule has 1 saturated carbocycles. The number of carbonyl (C=O) groups is 1. The van der Waals surface area contributed by atoms with Crippen LogP contribution in [0.4, 0.5) is 39.5 Å². The van der Waals surface area contributed by atoms with Gasteiger partial charge in [-0.2, -0.15) is 26.3 Å². The Morgan fingerprint density at radius 1 is 0.860 bits per heavy atom. The second-order valence-electron chi connectivity index (χ2n) is 9.97. The first-order chi connectivity index (χ1) is 19.9. The van der Waals surface area contributed by atoms with E-state index < -0.39 is 90.9 Å². The fourth-order valence-corrected chi connectivity index (χ4v) is 7.51. The Morgan fingerprint density at radius 2 is 1.40 bits per heavy atom. The van der Waals surface area contributed by atoms with E-state index in [0.717, 1.165) is 30.3 Å². The van der Waals surface area contributed by atoms with E-state index in [1.54, 1.807) is 0 Å². The zero-order chi connectivity index (χ0) is 32.0. The summed E-state index contributed by atoms with van der Waals surface area (Å²) in [7, 11) is -4.59. The standard InChI is InChI=1S/C28H21F9O5S/c29-19-8-10-20(11-9-19)43(40,41)25(13-12-16(14-25)24(38)39)17-4-6-18(7-5-17)26(27(32,33)34,28(35,36)37)42-15-21-22(30)2-1-3-23(21)31/h1-11,16H,12-15H2,(H,38,39)/t16-,25+/m1/s1. The number of carboxylic acid groups (broad SMARTS) is 1. The second-order valence-corrected chi connectivity index (χ2v) is 12.2. The first-order valence-electron chi connectivity index (χ1n) is 12.4. The number of halogens is 9. The molecule has 0 amide bonds. The van der Waals surface area contributed by atoms with Crippen LogP contribution in [0.25, 0.3) is 0 Å². The predicted octanol–water partition coefficient (Wildman–Crippen LogP) is 7.19. The summed E-state index contributed by atoms with van der Waals surface area (Å²) in [6, 6.07) is 7.55. The Balaban J connectivity index is 1.86. The smallest absolute Gasteiger partial charge is 0.430 e. The van der Waals surface area contributed by atoms with Crippen molar-refractivity contribution in [2.75, 3.05) is 0 Å².